The number of hydrogen-bond donors (Lipinski definition) is 2. The standard InChI is InChI=1S/C19H20N8O2/c1-12(28)26-5-2-15(3-6-26)27-10-14(8-21-27)22-19-17-16(9-20-25-17)23-18(24-19)13-4-7-29-11-13/h4,7-11,15H,2-3,5-6H2,1H3,(H,20,25)(H,22,23,24). The van der Waals surface area contributed by atoms with E-state index in [0.717, 1.165) is 42.7 Å². The van der Waals surface area contributed by atoms with E-state index < -0.39 is 0 Å². The molecule has 2 N–H and O–H groups in total. The number of carbonyl (C=O) groups excluding carboxylic acids is 1. The van der Waals surface area contributed by atoms with Crippen molar-refractivity contribution in [3.05, 3.63) is 37.2 Å². The molecule has 1 aliphatic heterocycles. The summed E-state index contributed by atoms with van der Waals surface area (Å²) in [5, 5.41) is 14.9. The molecular formula is C19H20N8O2. The molecule has 5 heterocycles. The molecule has 0 aromatic carbocycles. The molecule has 10 nitrogen and oxygen atoms in total. The number of aromatic amines is 1. The van der Waals surface area contributed by atoms with E-state index >= 15 is 0 Å². The Morgan fingerprint density at radius 1 is 1.28 bits per heavy atom. The van der Waals surface area contributed by atoms with Crippen molar-refractivity contribution >= 4 is 28.4 Å². The van der Waals surface area contributed by atoms with Gasteiger partial charge >= 0.3 is 0 Å². The van der Waals surface area contributed by atoms with Crippen LogP contribution in [0.2, 0.25) is 0 Å². The van der Waals surface area contributed by atoms with Crippen molar-refractivity contribution < 1.29 is 9.21 Å². The van der Waals surface area contributed by atoms with E-state index in [-0.39, 0.29) is 11.9 Å². The highest BCUT2D eigenvalue weighted by Crippen LogP contribution is 2.27. The number of nitrogens with zero attached hydrogens (tertiary/aromatic N) is 6. The zero-order chi connectivity index (χ0) is 19.8. The van der Waals surface area contributed by atoms with Gasteiger partial charge in [0.25, 0.3) is 0 Å². The smallest absolute Gasteiger partial charge is 0.219 e. The van der Waals surface area contributed by atoms with Crippen LogP contribution >= 0.6 is 0 Å². The molecule has 0 saturated carbocycles. The minimum absolute atomic E-state index is 0.132. The number of aromatic nitrogens is 6. The van der Waals surface area contributed by atoms with Crippen LogP contribution in [0.3, 0.4) is 0 Å². The third-order valence-corrected chi connectivity index (χ3v) is 5.23. The van der Waals surface area contributed by atoms with Crippen LogP contribution in [-0.2, 0) is 4.79 Å². The lowest BCUT2D eigenvalue weighted by Gasteiger charge is -2.31. The van der Waals surface area contributed by atoms with Crippen molar-refractivity contribution in [2.45, 2.75) is 25.8 Å². The molecule has 0 spiro atoms. The van der Waals surface area contributed by atoms with Gasteiger partial charge in [0.05, 0.1) is 35.9 Å². The molecule has 1 amide bonds. The molecule has 4 aromatic rings. The molecule has 10 heteroatoms. The average molecular weight is 392 g/mol. The number of piperidine rings is 1. The molecule has 0 bridgehead atoms. The van der Waals surface area contributed by atoms with E-state index in [9.17, 15) is 4.79 Å². The summed E-state index contributed by atoms with van der Waals surface area (Å²) in [4.78, 5) is 22.5. The quantitative estimate of drug-likeness (QED) is 0.548. The second-order valence-electron chi connectivity index (χ2n) is 7.11. The van der Waals surface area contributed by atoms with Gasteiger partial charge in [-0.1, -0.05) is 0 Å². The van der Waals surface area contributed by atoms with Crippen LogP contribution in [0.15, 0.2) is 41.6 Å². The highest BCUT2D eigenvalue weighted by molar-refractivity contribution is 5.88. The maximum absolute atomic E-state index is 11.5. The predicted octanol–water partition coefficient (Wildman–Crippen LogP) is 2.74. The van der Waals surface area contributed by atoms with E-state index in [1.165, 1.54) is 0 Å². The maximum atomic E-state index is 11.5. The minimum Gasteiger partial charge on any atom is -0.472 e. The Morgan fingerprint density at radius 3 is 2.90 bits per heavy atom. The van der Waals surface area contributed by atoms with E-state index in [1.54, 1.807) is 31.8 Å². The molecule has 148 valence electrons. The van der Waals surface area contributed by atoms with E-state index in [2.05, 4.69) is 30.6 Å². The van der Waals surface area contributed by atoms with Gasteiger partial charge in [-0.2, -0.15) is 10.2 Å². The molecule has 0 unspecified atom stereocenters. The second kappa shape index (κ2) is 7.04. The number of nitrogens with one attached hydrogen (secondary N) is 2. The maximum Gasteiger partial charge on any atom is 0.219 e. The first-order chi connectivity index (χ1) is 14.2. The number of amides is 1. The van der Waals surface area contributed by atoms with Crippen molar-refractivity contribution in [1.29, 1.82) is 0 Å². The number of anilines is 2. The number of H-pyrrole nitrogens is 1. The van der Waals surface area contributed by atoms with Gasteiger partial charge < -0.3 is 14.6 Å². The zero-order valence-electron chi connectivity index (χ0n) is 15.9. The minimum atomic E-state index is 0.132. The number of likely N-dealkylation sites (tertiary alicyclic amines) is 1. The van der Waals surface area contributed by atoms with Gasteiger partial charge in [-0.3, -0.25) is 14.6 Å². The van der Waals surface area contributed by atoms with Crippen LogP contribution in [0.5, 0.6) is 0 Å². The summed E-state index contributed by atoms with van der Waals surface area (Å²) in [7, 11) is 0. The Kier molecular flexibility index (Phi) is 4.23. The van der Waals surface area contributed by atoms with E-state index in [0.29, 0.717) is 17.2 Å². The lowest BCUT2D eigenvalue weighted by atomic mass is 10.1. The normalized spacial score (nSPS) is 15.1. The van der Waals surface area contributed by atoms with E-state index in [4.69, 9.17) is 4.42 Å². The summed E-state index contributed by atoms with van der Waals surface area (Å²) < 4.78 is 7.11. The summed E-state index contributed by atoms with van der Waals surface area (Å²) >= 11 is 0. The fourth-order valence-electron chi connectivity index (χ4n) is 3.64. The van der Waals surface area contributed by atoms with Crippen LogP contribution < -0.4 is 5.32 Å². The molecule has 5 rings (SSSR count). The molecule has 1 aliphatic rings. The topological polar surface area (TPSA) is 118 Å². The lowest BCUT2D eigenvalue weighted by Crippen LogP contribution is -2.37. The monoisotopic (exact) mass is 392 g/mol. The van der Waals surface area contributed by atoms with Crippen molar-refractivity contribution in [2.75, 3.05) is 18.4 Å². The summed E-state index contributed by atoms with van der Waals surface area (Å²) in [6, 6.07) is 2.09. The number of fused-ring (bicyclic) bond motifs is 1. The summed E-state index contributed by atoms with van der Waals surface area (Å²) in [6.07, 6.45) is 10.4. The van der Waals surface area contributed by atoms with Crippen LogP contribution in [-0.4, -0.2) is 53.8 Å². The first-order valence-electron chi connectivity index (χ1n) is 9.48. The predicted molar refractivity (Wildman–Crippen MR) is 105 cm³/mol. The van der Waals surface area contributed by atoms with E-state index in [1.807, 2.05) is 21.8 Å². The summed E-state index contributed by atoms with van der Waals surface area (Å²) in [6.45, 7) is 3.14. The Hall–Kier alpha value is -3.69. The number of rotatable bonds is 4. The van der Waals surface area contributed by atoms with Gasteiger partial charge in [0.15, 0.2) is 11.6 Å². The Balaban J connectivity index is 1.38. The molecular weight excluding hydrogens is 372 g/mol. The number of furan rings is 1. The molecule has 4 aromatic heterocycles. The van der Waals surface area contributed by atoms with Gasteiger partial charge in [-0.05, 0) is 18.9 Å². The highest BCUT2D eigenvalue weighted by Gasteiger charge is 2.22. The lowest BCUT2D eigenvalue weighted by molar-refractivity contribution is -0.130. The van der Waals surface area contributed by atoms with Crippen molar-refractivity contribution in [3.63, 3.8) is 0 Å². The van der Waals surface area contributed by atoms with Gasteiger partial charge in [-0.15, -0.1) is 0 Å². The SMILES string of the molecule is CC(=O)N1CCC(n2cc(Nc3nc(-c4ccoc4)nc4cn[nH]c34)cn2)CC1. The van der Waals surface area contributed by atoms with Gasteiger partial charge in [0, 0.05) is 26.2 Å². The molecule has 1 saturated heterocycles. The van der Waals surface area contributed by atoms with Crippen LogP contribution in [0.25, 0.3) is 22.4 Å². The second-order valence-corrected chi connectivity index (χ2v) is 7.11. The van der Waals surface area contributed by atoms with Crippen molar-refractivity contribution in [1.82, 2.24) is 34.8 Å². The van der Waals surface area contributed by atoms with Gasteiger partial charge in [0.1, 0.15) is 17.3 Å². The third kappa shape index (κ3) is 3.33. The third-order valence-electron chi connectivity index (χ3n) is 5.23. The van der Waals surface area contributed by atoms with Gasteiger partial charge in [0.2, 0.25) is 5.91 Å². The fraction of sp³-hybridized carbons (Fsp3) is 0.316. The summed E-state index contributed by atoms with van der Waals surface area (Å²) in [5.74, 6) is 1.31. The largest absolute Gasteiger partial charge is 0.472 e. The molecule has 0 radical (unpaired) electrons. The fourth-order valence-corrected chi connectivity index (χ4v) is 3.64. The molecule has 0 aliphatic carbocycles. The number of hydrogen-bond acceptors (Lipinski definition) is 7. The molecule has 0 atom stereocenters. The van der Waals surface area contributed by atoms with Crippen molar-refractivity contribution in [3.8, 4) is 11.4 Å². The van der Waals surface area contributed by atoms with Crippen LogP contribution in [0.4, 0.5) is 11.5 Å². The highest BCUT2D eigenvalue weighted by atomic mass is 16.3. The van der Waals surface area contributed by atoms with Crippen molar-refractivity contribution in [2.24, 2.45) is 0 Å². The Morgan fingerprint density at radius 2 is 2.14 bits per heavy atom. The first kappa shape index (κ1) is 17.4. The average Bonchev–Trinajstić information content (AvgIpc) is 3.49. The first-order valence-corrected chi connectivity index (χ1v) is 9.48. The Bertz CT molecular complexity index is 1140. The summed E-state index contributed by atoms with van der Waals surface area (Å²) in [5.41, 5.74) is 3.05. The molecule has 1 fully saturated rings. The zero-order valence-corrected chi connectivity index (χ0v) is 15.9. The Labute approximate surface area is 165 Å². The van der Waals surface area contributed by atoms with Crippen LogP contribution in [0, 0.1) is 0 Å². The van der Waals surface area contributed by atoms with Crippen LogP contribution in [0.1, 0.15) is 25.8 Å². The van der Waals surface area contributed by atoms with Gasteiger partial charge in [-0.25, -0.2) is 9.97 Å². The molecule has 29 heavy (non-hydrogen) atoms. The number of carbonyl (C=O) groups is 1.